The third kappa shape index (κ3) is 5.42. The fourth-order valence-corrected chi connectivity index (χ4v) is 8.53. The van der Waals surface area contributed by atoms with Gasteiger partial charge in [-0.05, 0) is 126 Å². The van der Waals surface area contributed by atoms with Crippen LogP contribution in [0.25, 0.3) is 87.6 Å². The minimum atomic E-state index is 0.902. The third-order valence-electron chi connectivity index (χ3n) is 11.2. The number of para-hydroxylation sites is 1. The normalized spacial score (nSPS) is 11.6. The molecule has 262 valence electrons. The van der Waals surface area contributed by atoms with Crippen LogP contribution in [-0.2, 0) is 0 Å². The summed E-state index contributed by atoms with van der Waals surface area (Å²) in [5, 5.41) is 9.82. The topological polar surface area (TPSA) is 16.4 Å². The van der Waals surface area contributed by atoms with E-state index < -0.39 is 0 Å². The summed E-state index contributed by atoms with van der Waals surface area (Å²) in [5.41, 5.74) is 12.2. The number of hydrogen-bond acceptors (Lipinski definition) is 2. The number of nitrogens with zero attached hydrogens (tertiary/aromatic N) is 1. The minimum absolute atomic E-state index is 0.902. The summed E-state index contributed by atoms with van der Waals surface area (Å²) < 4.78 is 6.24. The molecule has 2 heteroatoms. The van der Waals surface area contributed by atoms with Gasteiger partial charge in [0.15, 0.2) is 0 Å². The molecule has 0 radical (unpaired) electrons. The fourth-order valence-electron chi connectivity index (χ4n) is 8.53. The van der Waals surface area contributed by atoms with Crippen molar-refractivity contribution in [3.05, 3.63) is 212 Å². The van der Waals surface area contributed by atoms with Gasteiger partial charge in [0.1, 0.15) is 11.2 Å². The highest BCUT2D eigenvalue weighted by molar-refractivity contribution is 6.14. The van der Waals surface area contributed by atoms with Gasteiger partial charge in [-0.3, -0.25) is 0 Å². The molecular formula is C54H35NO. The van der Waals surface area contributed by atoms with Crippen molar-refractivity contribution in [3.63, 3.8) is 0 Å². The van der Waals surface area contributed by atoms with Gasteiger partial charge >= 0.3 is 0 Å². The lowest BCUT2D eigenvalue weighted by Crippen LogP contribution is -2.10. The van der Waals surface area contributed by atoms with E-state index in [4.69, 9.17) is 4.42 Å². The molecule has 1 heterocycles. The van der Waals surface area contributed by atoms with Gasteiger partial charge in [-0.25, -0.2) is 0 Å². The van der Waals surface area contributed by atoms with Gasteiger partial charge in [0.25, 0.3) is 0 Å². The Morgan fingerprint density at radius 2 is 0.857 bits per heavy atom. The molecule has 0 unspecified atom stereocenters. The molecule has 0 saturated heterocycles. The van der Waals surface area contributed by atoms with E-state index in [-0.39, 0.29) is 0 Å². The average molecular weight is 714 g/mol. The Morgan fingerprint density at radius 3 is 1.66 bits per heavy atom. The Bertz CT molecular complexity index is 3240. The van der Waals surface area contributed by atoms with Crippen LogP contribution in [0.5, 0.6) is 0 Å². The number of fused-ring (bicyclic) bond motifs is 7. The molecule has 0 bridgehead atoms. The predicted octanol–water partition coefficient (Wildman–Crippen LogP) is 15.5. The smallest absolute Gasteiger partial charge is 0.136 e. The summed E-state index contributed by atoms with van der Waals surface area (Å²) in [6.07, 6.45) is 0. The first kappa shape index (κ1) is 32.0. The van der Waals surface area contributed by atoms with Crippen molar-refractivity contribution < 1.29 is 4.42 Å². The van der Waals surface area contributed by atoms with Crippen molar-refractivity contribution >= 4 is 71.3 Å². The van der Waals surface area contributed by atoms with Crippen molar-refractivity contribution in [2.45, 2.75) is 0 Å². The first-order valence-corrected chi connectivity index (χ1v) is 19.2. The molecule has 0 amide bonds. The SMILES string of the molecule is c1cc(-c2cccc3ccccc23)cc(N(c2ccc(-c3ccc4c(c3)oc3ccccc34)cc2)c2ccc(-c3cc4ccccc4c4ccccc34)cc2)c1. The van der Waals surface area contributed by atoms with Gasteiger partial charge < -0.3 is 9.32 Å². The number of anilines is 3. The summed E-state index contributed by atoms with van der Waals surface area (Å²) >= 11 is 0. The van der Waals surface area contributed by atoms with E-state index in [2.05, 4.69) is 205 Å². The zero-order valence-corrected chi connectivity index (χ0v) is 30.6. The summed E-state index contributed by atoms with van der Waals surface area (Å²) in [4.78, 5) is 2.36. The first-order valence-electron chi connectivity index (χ1n) is 19.2. The molecule has 10 aromatic carbocycles. The van der Waals surface area contributed by atoms with Crippen LogP contribution in [0, 0.1) is 0 Å². The van der Waals surface area contributed by atoms with Crippen molar-refractivity contribution in [2.24, 2.45) is 0 Å². The van der Waals surface area contributed by atoms with Crippen molar-refractivity contribution in [1.29, 1.82) is 0 Å². The van der Waals surface area contributed by atoms with E-state index >= 15 is 0 Å². The molecule has 0 aliphatic heterocycles. The lowest BCUT2D eigenvalue weighted by atomic mass is 9.93. The lowest BCUT2D eigenvalue weighted by molar-refractivity contribution is 0.669. The summed E-state index contributed by atoms with van der Waals surface area (Å²) in [6, 6.07) is 76.6. The Hall–Kier alpha value is -7.42. The van der Waals surface area contributed by atoms with Gasteiger partial charge in [-0.1, -0.05) is 152 Å². The standard InChI is InChI=1S/C54H35NO/c1-3-16-45-37(11-1)13-10-21-46(45)40-14-9-15-44(33-40)55(42-28-23-36(24-29-42)39-27-32-51-50-20-7-8-22-53(50)56-54(51)35-39)43-30-25-38(26-31-43)52-34-41-12-2-4-17-47(41)48-18-5-6-19-49(48)52/h1-35H. The minimum Gasteiger partial charge on any atom is -0.456 e. The molecule has 0 saturated carbocycles. The molecule has 56 heavy (non-hydrogen) atoms. The van der Waals surface area contributed by atoms with Crippen LogP contribution >= 0.6 is 0 Å². The quantitative estimate of drug-likeness (QED) is 0.160. The molecule has 0 fully saturated rings. The highest BCUT2D eigenvalue weighted by atomic mass is 16.3. The zero-order valence-electron chi connectivity index (χ0n) is 30.6. The molecule has 0 spiro atoms. The molecule has 1 aromatic heterocycles. The van der Waals surface area contributed by atoms with Crippen LogP contribution in [0.1, 0.15) is 0 Å². The van der Waals surface area contributed by atoms with Crippen molar-refractivity contribution in [2.75, 3.05) is 4.90 Å². The van der Waals surface area contributed by atoms with Crippen LogP contribution < -0.4 is 4.90 Å². The molecule has 0 aliphatic carbocycles. The van der Waals surface area contributed by atoms with Crippen molar-refractivity contribution in [3.8, 4) is 33.4 Å². The number of furan rings is 1. The summed E-state index contributed by atoms with van der Waals surface area (Å²) in [5.74, 6) is 0. The van der Waals surface area contributed by atoms with E-state index in [1.54, 1.807) is 0 Å². The number of hydrogen-bond donors (Lipinski definition) is 0. The molecule has 11 rings (SSSR count). The third-order valence-corrected chi connectivity index (χ3v) is 11.2. The predicted molar refractivity (Wildman–Crippen MR) is 237 cm³/mol. The van der Waals surface area contributed by atoms with Gasteiger partial charge in [0, 0.05) is 27.8 Å². The lowest BCUT2D eigenvalue weighted by Gasteiger charge is -2.26. The van der Waals surface area contributed by atoms with Gasteiger partial charge in [0.05, 0.1) is 0 Å². The number of benzene rings is 10. The highest BCUT2D eigenvalue weighted by Gasteiger charge is 2.17. The van der Waals surface area contributed by atoms with Crippen LogP contribution in [-0.4, -0.2) is 0 Å². The van der Waals surface area contributed by atoms with Crippen LogP contribution in [0.2, 0.25) is 0 Å². The average Bonchev–Trinajstić information content (AvgIpc) is 3.65. The zero-order chi connectivity index (χ0) is 37.0. The second-order valence-electron chi connectivity index (χ2n) is 14.5. The van der Waals surface area contributed by atoms with Crippen LogP contribution in [0.3, 0.4) is 0 Å². The van der Waals surface area contributed by atoms with E-state index in [0.29, 0.717) is 0 Å². The van der Waals surface area contributed by atoms with E-state index in [1.165, 1.54) is 54.6 Å². The second kappa shape index (κ2) is 13.2. The van der Waals surface area contributed by atoms with Crippen molar-refractivity contribution in [1.82, 2.24) is 0 Å². The summed E-state index contributed by atoms with van der Waals surface area (Å²) in [6.45, 7) is 0. The van der Waals surface area contributed by atoms with Gasteiger partial charge in [0.2, 0.25) is 0 Å². The first-order chi connectivity index (χ1) is 27.7. The monoisotopic (exact) mass is 713 g/mol. The fraction of sp³-hybridized carbons (Fsp3) is 0. The van der Waals surface area contributed by atoms with E-state index in [9.17, 15) is 0 Å². The largest absolute Gasteiger partial charge is 0.456 e. The molecule has 0 N–H and O–H groups in total. The van der Waals surface area contributed by atoms with E-state index in [0.717, 1.165) is 50.1 Å². The van der Waals surface area contributed by atoms with Gasteiger partial charge in [-0.15, -0.1) is 0 Å². The molecule has 0 atom stereocenters. The second-order valence-corrected chi connectivity index (χ2v) is 14.5. The highest BCUT2D eigenvalue weighted by Crippen LogP contribution is 2.41. The Morgan fingerprint density at radius 1 is 0.268 bits per heavy atom. The summed E-state index contributed by atoms with van der Waals surface area (Å²) in [7, 11) is 0. The maximum Gasteiger partial charge on any atom is 0.136 e. The maximum atomic E-state index is 6.24. The Labute approximate surface area is 325 Å². The Balaban J connectivity index is 1.02. The molecule has 2 nitrogen and oxygen atoms in total. The molecule has 11 aromatic rings. The Kier molecular flexibility index (Phi) is 7.53. The molecular weight excluding hydrogens is 679 g/mol. The van der Waals surface area contributed by atoms with E-state index in [1.807, 2.05) is 12.1 Å². The maximum absolute atomic E-state index is 6.24. The van der Waals surface area contributed by atoms with Gasteiger partial charge in [-0.2, -0.15) is 0 Å². The number of rotatable bonds is 6. The van der Waals surface area contributed by atoms with Crippen LogP contribution in [0.15, 0.2) is 217 Å². The van der Waals surface area contributed by atoms with Crippen LogP contribution in [0.4, 0.5) is 17.1 Å². The molecule has 0 aliphatic rings.